The zero-order valence-electron chi connectivity index (χ0n) is 8.80. The molecule has 1 fully saturated rings. The molecule has 1 aromatic carbocycles. The standard InChI is InChI=1S/C13H8Cl2O2/c14-9-3-10-12(7-1-2-7)8(5-16)6-17-13(10)11(15)4-9/h3-6H,1-2H2. The first-order valence-electron chi connectivity index (χ1n) is 5.24. The van der Waals surface area contributed by atoms with Crippen LogP contribution in [0.4, 0.5) is 0 Å². The van der Waals surface area contributed by atoms with Crippen molar-refractivity contribution in [3.05, 3.63) is 45.1 Å². The van der Waals surface area contributed by atoms with E-state index in [2.05, 4.69) is 0 Å². The van der Waals surface area contributed by atoms with Crippen molar-refractivity contribution in [3.8, 4) is 5.75 Å². The molecule has 0 saturated heterocycles. The highest BCUT2D eigenvalue weighted by Gasteiger charge is 2.28. The van der Waals surface area contributed by atoms with Crippen molar-refractivity contribution in [2.24, 2.45) is 0 Å². The van der Waals surface area contributed by atoms with Crippen LogP contribution in [0.1, 0.15) is 18.4 Å². The number of ether oxygens (including phenoxy) is 1. The number of allylic oxidation sites excluding steroid dienone is 3. The maximum atomic E-state index is 11.0. The fraction of sp³-hybridized carbons (Fsp3) is 0.154. The smallest absolute Gasteiger partial charge is 0.153 e. The van der Waals surface area contributed by atoms with Crippen LogP contribution in [0, 0.1) is 0 Å². The number of fused-ring (bicyclic) bond motifs is 1. The average Bonchev–Trinajstić information content (AvgIpc) is 3.11. The van der Waals surface area contributed by atoms with E-state index >= 15 is 0 Å². The van der Waals surface area contributed by atoms with Crippen LogP contribution in [-0.2, 0) is 4.79 Å². The second-order valence-electron chi connectivity index (χ2n) is 4.05. The molecule has 2 aliphatic rings. The Balaban J connectivity index is 2.27. The SMILES string of the molecule is O=CC1=COc2c(Cl)cc(Cl)cc2C1=C1CC1. The van der Waals surface area contributed by atoms with E-state index in [0.29, 0.717) is 21.4 Å². The quantitative estimate of drug-likeness (QED) is 0.718. The Labute approximate surface area is 108 Å². The molecular formula is C13H8Cl2O2. The molecule has 3 rings (SSSR count). The van der Waals surface area contributed by atoms with Crippen LogP contribution in [0.2, 0.25) is 10.0 Å². The molecule has 0 aromatic heterocycles. The second kappa shape index (κ2) is 3.90. The summed E-state index contributed by atoms with van der Waals surface area (Å²) in [5.41, 5.74) is 3.57. The van der Waals surface area contributed by atoms with Gasteiger partial charge in [-0.2, -0.15) is 0 Å². The molecule has 1 heterocycles. The summed E-state index contributed by atoms with van der Waals surface area (Å²) in [5.74, 6) is 0.580. The lowest BCUT2D eigenvalue weighted by Gasteiger charge is -2.19. The molecule has 0 bridgehead atoms. The summed E-state index contributed by atoms with van der Waals surface area (Å²) in [5, 5.41) is 1.01. The zero-order valence-corrected chi connectivity index (χ0v) is 10.3. The number of benzene rings is 1. The van der Waals surface area contributed by atoms with Gasteiger partial charge in [-0.3, -0.25) is 4.79 Å². The molecule has 0 radical (unpaired) electrons. The minimum atomic E-state index is 0.465. The molecule has 0 unspecified atom stereocenters. The summed E-state index contributed by atoms with van der Waals surface area (Å²) >= 11 is 12.1. The fourth-order valence-electron chi connectivity index (χ4n) is 2.00. The van der Waals surface area contributed by atoms with Gasteiger partial charge in [0.15, 0.2) is 12.0 Å². The Morgan fingerprint density at radius 2 is 2.00 bits per heavy atom. The molecule has 86 valence electrons. The van der Waals surface area contributed by atoms with Crippen LogP contribution in [0.25, 0.3) is 5.57 Å². The molecule has 2 nitrogen and oxygen atoms in total. The van der Waals surface area contributed by atoms with E-state index in [9.17, 15) is 4.79 Å². The van der Waals surface area contributed by atoms with E-state index in [0.717, 1.165) is 30.3 Å². The van der Waals surface area contributed by atoms with Gasteiger partial charge in [0.25, 0.3) is 0 Å². The predicted octanol–water partition coefficient (Wildman–Crippen LogP) is 4.02. The molecular weight excluding hydrogens is 259 g/mol. The minimum Gasteiger partial charge on any atom is -0.462 e. The first-order chi connectivity index (χ1) is 8.20. The molecule has 0 spiro atoms. The predicted molar refractivity (Wildman–Crippen MR) is 67.4 cm³/mol. The highest BCUT2D eigenvalue weighted by atomic mass is 35.5. The summed E-state index contributed by atoms with van der Waals surface area (Å²) in [6.45, 7) is 0. The van der Waals surface area contributed by atoms with Crippen molar-refractivity contribution >= 4 is 35.1 Å². The van der Waals surface area contributed by atoms with Gasteiger partial charge in [0.1, 0.15) is 6.26 Å². The van der Waals surface area contributed by atoms with E-state index in [1.54, 1.807) is 12.1 Å². The van der Waals surface area contributed by atoms with E-state index in [1.807, 2.05) is 0 Å². The van der Waals surface area contributed by atoms with Crippen LogP contribution in [0.5, 0.6) is 5.75 Å². The summed E-state index contributed by atoms with van der Waals surface area (Å²) in [6.07, 6.45) is 4.29. The van der Waals surface area contributed by atoms with Crippen molar-refractivity contribution in [1.82, 2.24) is 0 Å². The van der Waals surface area contributed by atoms with E-state index in [4.69, 9.17) is 27.9 Å². The largest absolute Gasteiger partial charge is 0.462 e. The number of halogens is 2. The fourth-order valence-corrected chi connectivity index (χ4v) is 2.53. The third kappa shape index (κ3) is 1.78. The Morgan fingerprint density at radius 1 is 1.24 bits per heavy atom. The van der Waals surface area contributed by atoms with Crippen LogP contribution < -0.4 is 4.74 Å². The van der Waals surface area contributed by atoms with Gasteiger partial charge < -0.3 is 4.74 Å². The molecule has 0 atom stereocenters. The van der Waals surface area contributed by atoms with Crippen molar-refractivity contribution in [2.75, 3.05) is 0 Å². The van der Waals surface area contributed by atoms with Crippen molar-refractivity contribution in [3.63, 3.8) is 0 Å². The highest BCUT2D eigenvalue weighted by molar-refractivity contribution is 6.36. The number of hydrogen-bond donors (Lipinski definition) is 0. The molecule has 1 saturated carbocycles. The number of carbonyl (C=O) groups excluding carboxylic acids is 1. The van der Waals surface area contributed by atoms with Crippen molar-refractivity contribution < 1.29 is 9.53 Å². The Morgan fingerprint density at radius 3 is 2.65 bits per heavy atom. The number of rotatable bonds is 1. The molecule has 1 aliphatic heterocycles. The topological polar surface area (TPSA) is 26.3 Å². The number of aldehydes is 1. The zero-order chi connectivity index (χ0) is 12.0. The maximum Gasteiger partial charge on any atom is 0.153 e. The van der Waals surface area contributed by atoms with Gasteiger partial charge in [-0.05, 0) is 30.5 Å². The summed E-state index contributed by atoms with van der Waals surface area (Å²) in [6, 6.07) is 3.43. The Bertz CT molecular complexity index is 579. The van der Waals surface area contributed by atoms with Gasteiger partial charge in [-0.15, -0.1) is 0 Å². The van der Waals surface area contributed by atoms with Gasteiger partial charge in [0.2, 0.25) is 0 Å². The third-order valence-corrected chi connectivity index (χ3v) is 3.35. The lowest BCUT2D eigenvalue weighted by Crippen LogP contribution is -2.04. The van der Waals surface area contributed by atoms with Gasteiger partial charge in [-0.25, -0.2) is 0 Å². The summed E-state index contributed by atoms with van der Waals surface area (Å²) in [4.78, 5) is 11.0. The lowest BCUT2D eigenvalue weighted by atomic mass is 9.96. The Hall–Kier alpha value is -1.25. The first-order valence-corrected chi connectivity index (χ1v) is 6.00. The van der Waals surface area contributed by atoms with Gasteiger partial charge >= 0.3 is 0 Å². The number of hydrogen-bond acceptors (Lipinski definition) is 2. The minimum absolute atomic E-state index is 0.465. The average molecular weight is 267 g/mol. The van der Waals surface area contributed by atoms with Crippen LogP contribution in [0.15, 0.2) is 29.5 Å². The monoisotopic (exact) mass is 266 g/mol. The van der Waals surface area contributed by atoms with Gasteiger partial charge in [-0.1, -0.05) is 28.8 Å². The van der Waals surface area contributed by atoms with E-state index < -0.39 is 0 Å². The maximum absolute atomic E-state index is 11.0. The molecule has 1 aliphatic carbocycles. The van der Waals surface area contributed by atoms with E-state index in [-0.39, 0.29) is 0 Å². The molecule has 0 amide bonds. The van der Waals surface area contributed by atoms with Gasteiger partial charge in [0, 0.05) is 10.6 Å². The highest BCUT2D eigenvalue weighted by Crippen LogP contribution is 2.47. The first kappa shape index (κ1) is 10.9. The van der Waals surface area contributed by atoms with Crippen LogP contribution in [-0.4, -0.2) is 6.29 Å². The van der Waals surface area contributed by atoms with Crippen LogP contribution in [0.3, 0.4) is 0 Å². The molecule has 1 aromatic rings. The number of carbonyl (C=O) groups is 1. The third-order valence-electron chi connectivity index (χ3n) is 2.85. The van der Waals surface area contributed by atoms with Gasteiger partial charge in [0.05, 0.1) is 10.6 Å². The Kier molecular flexibility index (Phi) is 2.49. The normalized spacial score (nSPS) is 17.2. The van der Waals surface area contributed by atoms with Crippen LogP contribution >= 0.6 is 23.2 Å². The summed E-state index contributed by atoms with van der Waals surface area (Å²) in [7, 11) is 0. The summed E-state index contributed by atoms with van der Waals surface area (Å²) < 4.78 is 5.40. The molecule has 4 heteroatoms. The van der Waals surface area contributed by atoms with E-state index in [1.165, 1.54) is 11.8 Å². The molecule has 0 N–H and O–H groups in total. The lowest BCUT2D eigenvalue weighted by molar-refractivity contribution is -0.104. The molecule has 17 heavy (non-hydrogen) atoms. The van der Waals surface area contributed by atoms with Crippen molar-refractivity contribution in [1.29, 1.82) is 0 Å². The van der Waals surface area contributed by atoms with Crippen molar-refractivity contribution in [2.45, 2.75) is 12.8 Å². The second-order valence-corrected chi connectivity index (χ2v) is 4.90.